The maximum Gasteiger partial charge on any atom is 0.123 e. The first-order valence-corrected chi connectivity index (χ1v) is 7.42. The summed E-state index contributed by atoms with van der Waals surface area (Å²) in [5.41, 5.74) is 6.92. The lowest BCUT2D eigenvalue weighted by atomic mass is 9.82. The van der Waals surface area contributed by atoms with Crippen LogP contribution in [0.5, 0.6) is 11.5 Å². The highest BCUT2D eigenvalue weighted by Crippen LogP contribution is 2.39. The van der Waals surface area contributed by atoms with Crippen molar-refractivity contribution in [3.8, 4) is 22.6 Å². The largest absolute Gasteiger partial charge is 0.508 e. The Hall–Kier alpha value is -2.74. The van der Waals surface area contributed by atoms with Crippen LogP contribution in [-0.4, -0.2) is 10.2 Å². The van der Waals surface area contributed by atoms with Gasteiger partial charge >= 0.3 is 0 Å². The normalized spacial score (nSPS) is 12.5. The van der Waals surface area contributed by atoms with Crippen molar-refractivity contribution in [1.29, 1.82) is 0 Å². The van der Waals surface area contributed by atoms with Gasteiger partial charge in [0.25, 0.3) is 0 Å². The van der Waals surface area contributed by atoms with Crippen LogP contribution in [0.15, 0.2) is 60.7 Å². The molecule has 0 atom stereocenters. The minimum atomic E-state index is 0.168. The van der Waals surface area contributed by atoms with Crippen molar-refractivity contribution >= 4 is 0 Å². The first-order chi connectivity index (χ1) is 10.7. The number of phenols is 2. The molecular weight excluding hydrogens is 272 g/mol. The van der Waals surface area contributed by atoms with E-state index in [1.165, 1.54) is 28.3 Å². The van der Waals surface area contributed by atoms with E-state index in [0.717, 1.165) is 18.4 Å². The van der Waals surface area contributed by atoms with E-state index < -0.39 is 0 Å². The van der Waals surface area contributed by atoms with Gasteiger partial charge in [-0.3, -0.25) is 0 Å². The minimum absolute atomic E-state index is 0.168. The molecule has 0 spiro atoms. The van der Waals surface area contributed by atoms with Crippen molar-refractivity contribution in [3.05, 3.63) is 82.9 Å². The van der Waals surface area contributed by atoms with Crippen LogP contribution in [0.25, 0.3) is 11.1 Å². The molecule has 0 aromatic heterocycles. The number of aromatic hydroxyl groups is 2. The van der Waals surface area contributed by atoms with Crippen LogP contribution in [0.4, 0.5) is 0 Å². The second kappa shape index (κ2) is 4.92. The molecule has 0 heterocycles. The van der Waals surface area contributed by atoms with Crippen LogP contribution in [0, 0.1) is 0 Å². The average molecular weight is 288 g/mol. The number of fused-ring (bicyclic) bond motifs is 2. The SMILES string of the molecule is Oc1ccc(O)c(-c2cccc3c2Cc2ccccc2C3)c1. The van der Waals surface area contributed by atoms with Gasteiger partial charge in [0.05, 0.1) is 0 Å². The predicted octanol–water partition coefficient (Wildman–Crippen LogP) is 4.26. The second-order valence-corrected chi connectivity index (χ2v) is 5.77. The topological polar surface area (TPSA) is 40.5 Å². The van der Waals surface area contributed by atoms with Gasteiger partial charge in [0.2, 0.25) is 0 Å². The Kier molecular flexibility index (Phi) is 2.90. The molecule has 0 fully saturated rings. The molecule has 0 bridgehead atoms. The van der Waals surface area contributed by atoms with Gasteiger partial charge in [-0.1, -0.05) is 42.5 Å². The fraction of sp³-hybridized carbons (Fsp3) is 0.100. The van der Waals surface area contributed by atoms with Crippen LogP contribution in [0.2, 0.25) is 0 Å². The zero-order valence-corrected chi connectivity index (χ0v) is 12.1. The molecule has 1 aliphatic carbocycles. The molecule has 22 heavy (non-hydrogen) atoms. The average Bonchev–Trinajstić information content (AvgIpc) is 2.55. The third kappa shape index (κ3) is 2.04. The number of hydrogen-bond donors (Lipinski definition) is 2. The summed E-state index contributed by atoms with van der Waals surface area (Å²) in [6.07, 6.45) is 1.77. The Balaban J connectivity index is 1.89. The third-order valence-corrected chi connectivity index (χ3v) is 4.41. The van der Waals surface area contributed by atoms with E-state index in [0.29, 0.717) is 5.56 Å². The lowest BCUT2D eigenvalue weighted by Gasteiger charge is -2.22. The second-order valence-electron chi connectivity index (χ2n) is 5.77. The molecule has 4 rings (SSSR count). The molecule has 2 N–H and O–H groups in total. The summed E-state index contributed by atoms with van der Waals surface area (Å²) < 4.78 is 0. The van der Waals surface area contributed by atoms with Gasteiger partial charge in [-0.15, -0.1) is 0 Å². The van der Waals surface area contributed by atoms with Crippen LogP contribution >= 0.6 is 0 Å². The molecule has 0 saturated carbocycles. The highest BCUT2D eigenvalue weighted by Gasteiger charge is 2.19. The summed E-state index contributed by atoms with van der Waals surface area (Å²) in [7, 11) is 0. The van der Waals surface area contributed by atoms with Crippen molar-refractivity contribution in [2.45, 2.75) is 12.8 Å². The fourth-order valence-electron chi connectivity index (χ4n) is 3.30. The first kappa shape index (κ1) is 13.0. The number of benzene rings is 3. The summed E-state index contributed by atoms with van der Waals surface area (Å²) in [6, 6.07) is 19.3. The molecule has 0 unspecified atom stereocenters. The van der Waals surface area contributed by atoms with Crippen molar-refractivity contribution in [1.82, 2.24) is 0 Å². The van der Waals surface area contributed by atoms with Crippen molar-refractivity contribution in [2.24, 2.45) is 0 Å². The molecule has 0 saturated heterocycles. The monoisotopic (exact) mass is 288 g/mol. The Labute approximate surface area is 129 Å². The van der Waals surface area contributed by atoms with Gasteiger partial charge in [0, 0.05) is 5.56 Å². The zero-order chi connectivity index (χ0) is 15.1. The van der Waals surface area contributed by atoms with Gasteiger partial charge in [-0.2, -0.15) is 0 Å². The molecule has 108 valence electrons. The third-order valence-electron chi connectivity index (χ3n) is 4.41. The first-order valence-electron chi connectivity index (χ1n) is 7.42. The van der Waals surface area contributed by atoms with Gasteiger partial charge in [0.15, 0.2) is 0 Å². The lowest BCUT2D eigenvalue weighted by Crippen LogP contribution is -2.08. The molecule has 0 aliphatic heterocycles. The molecule has 2 nitrogen and oxygen atoms in total. The molecular formula is C20H16O2. The number of phenolic OH excluding ortho intramolecular Hbond substituents is 2. The zero-order valence-electron chi connectivity index (χ0n) is 12.1. The summed E-state index contributed by atoms with van der Waals surface area (Å²) in [6.45, 7) is 0. The van der Waals surface area contributed by atoms with Crippen LogP contribution in [0.3, 0.4) is 0 Å². The lowest BCUT2D eigenvalue weighted by molar-refractivity contribution is 0.462. The maximum absolute atomic E-state index is 10.2. The van der Waals surface area contributed by atoms with Gasteiger partial charge in [-0.05, 0) is 58.9 Å². The highest BCUT2D eigenvalue weighted by molar-refractivity contribution is 5.76. The minimum Gasteiger partial charge on any atom is -0.508 e. The highest BCUT2D eigenvalue weighted by atomic mass is 16.3. The molecule has 3 aromatic rings. The van der Waals surface area contributed by atoms with E-state index >= 15 is 0 Å². The molecule has 3 aromatic carbocycles. The van der Waals surface area contributed by atoms with Gasteiger partial charge in [-0.25, -0.2) is 0 Å². The van der Waals surface area contributed by atoms with Crippen LogP contribution < -0.4 is 0 Å². The number of hydrogen-bond acceptors (Lipinski definition) is 2. The van der Waals surface area contributed by atoms with Gasteiger partial charge in [0.1, 0.15) is 11.5 Å². The smallest absolute Gasteiger partial charge is 0.123 e. The van der Waals surface area contributed by atoms with E-state index in [4.69, 9.17) is 0 Å². The summed E-state index contributed by atoms with van der Waals surface area (Å²) in [4.78, 5) is 0. The quantitative estimate of drug-likeness (QED) is 0.514. The van der Waals surface area contributed by atoms with Crippen molar-refractivity contribution in [2.75, 3.05) is 0 Å². The van der Waals surface area contributed by atoms with E-state index in [1.54, 1.807) is 12.1 Å². The maximum atomic E-state index is 10.2. The Morgan fingerprint density at radius 3 is 2.18 bits per heavy atom. The van der Waals surface area contributed by atoms with E-state index in [-0.39, 0.29) is 11.5 Å². The van der Waals surface area contributed by atoms with Crippen molar-refractivity contribution in [3.63, 3.8) is 0 Å². The Morgan fingerprint density at radius 2 is 1.36 bits per heavy atom. The number of rotatable bonds is 1. The Bertz CT molecular complexity index is 865. The van der Waals surface area contributed by atoms with Crippen molar-refractivity contribution < 1.29 is 10.2 Å². The van der Waals surface area contributed by atoms with E-state index in [2.05, 4.69) is 30.3 Å². The van der Waals surface area contributed by atoms with Crippen LogP contribution in [-0.2, 0) is 12.8 Å². The predicted molar refractivity (Wildman–Crippen MR) is 87.3 cm³/mol. The summed E-state index contributed by atoms with van der Waals surface area (Å²) >= 11 is 0. The van der Waals surface area contributed by atoms with E-state index in [9.17, 15) is 10.2 Å². The molecule has 1 aliphatic rings. The van der Waals surface area contributed by atoms with Gasteiger partial charge < -0.3 is 10.2 Å². The standard InChI is InChI=1S/C20H16O2/c21-16-8-9-20(22)19(12-16)17-7-3-6-15-10-13-4-1-2-5-14(13)11-18(15)17/h1-9,12,21-22H,10-11H2. The van der Waals surface area contributed by atoms with Crippen LogP contribution in [0.1, 0.15) is 22.3 Å². The fourth-order valence-corrected chi connectivity index (χ4v) is 3.30. The molecule has 0 amide bonds. The molecule has 2 heteroatoms. The summed E-state index contributed by atoms with van der Waals surface area (Å²) in [5.74, 6) is 0.367. The Morgan fingerprint density at radius 1 is 0.636 bits per heavy atom. The summed E-state index contributed by atoms with van der Waals surface area (Å²) in [5, 5.41) is 19.9. The van der Waals surface area contributed by atoms with E-state index in [1.807, 2.05) is 12.1 Å². The molecule has 0 radical (unpaired) electrons.